The molecule has 0 radical (unpaired) electrons. The van der Waals surface area contributed by atoms with Crippen LogP contribution in [-0.4, -0.2) is 27.9 Å². The van der Waals surface area contributed by atoms with Crippen LogP contribution in [0.5, 0.6) is 11.6 Å². The van der Waals surface area contributed by atoms with Crippen LogP contribution in [0.4, 0.5) is 5.69 Å². The summed E-state index contributed by atoms with van der Waals surface area (Å²) in [5, 5.41) is 0. The molecule has 0 aliphatic carbocycles. The van der Waals surface area contributed by atoms with Gasteiger partial charge < -0.3 is 4.74 Å². The average molecular weight is 514 g/mol. The molecule has 0 atom stereocenters. The van der Waals surface area contributed by atoms with Gasteiger partial charge in [-0.25, -0.2) is 18.4 Å². The van der Waals surface area contributed by atoms with Gasteiger partial charge in [-0.3, -0.25) is 9.29 Å². The molecule has 0 bridgehead atoms. The highest BCUT2D eigenvalue weighted by molar-refractivity contribution is 9.10. The first-order valence-electron chi connectivity index (χ1n) is 9.64. The van der Waals surface area contributed by atoms with Crippen LogP contribution in [0.3, 0.4) is 0 Å². The number of aromatic nitrogens is 4. The van der Waals surface area contributed by atoms with Crippen molar-refractivity contribution in [3.8, 4) is 17.4 Å². The number of ether oxygens (including phenoxy) is 1. The molecule has 0 amide bonds. The molecule has 0 saturated heterocycles. The van der Waals surface area contributed by atoms with Gasteiger partial charge in [0.15, 0.2) is 0 Å². The number of imidazole rings is 1. The molecule has 4 rings (SSSR count). The van der Waals surface area contributed by atoms with E-state index in [1.807, 2.05) is 18.4 Å². The molecule has 2 aromatic carbocycles. The molecule has 2 heterocycles. The van der Waals surface area contributed by atoms with Gasteiger partial charge in [0.2, 0.25) is 5.88 Å². The van der Waals surface area contributed by atoms with E-state index in [4.69, 9.17) is 4.74 Å². The molecule has 0 fully saturated rings. The maximum atomic E-state index is 12.5. The second-order valence-corrected chi connectivity index (χ2v) is 9.68. The number of benzene rings is 2. The Morgan fingerprint density at radius 1 is 0.969 bits per heavy atom. The van der Waals surface area contributed by atoms with Gasteiger partial charge in [-0.15, -0.1) is 0 Å². The zero-order valence-electron chi connectivity index (χ0n) is 17.6. The molecule has 0 unspecified atom stereocenters. The van der Waals surface area contributed by atoms with E-state index in [2.05, 4.69) is 35.6 Å². The van der Waals surface area contributed by atoms with Crippen LogP contribution in [-0.2, 0) is 10.0 Å². The number of hydrogen-bond donors (Lipinski definition) is 1. The molecule has 10 heteroatoms. The van der Waals surface area contributed by atoms with Crippen molar-refractivity contribution in [3.63, 3.8) is 0 Å². The predicted molar refractivity (Wildman–Crippen MR) is 125 cm³/mol. The van der Waals surface area contributed by atoms with Crippen LogP contribution < -0.4 is 9.46 Å². The first-order chi connectivity index (χ1) is 15.2. The Morgan fingerprint density at radius 3 is 2.28 bits per heavy atom. The molecule has 4 aromatic rings. The summed E-state index contributed by atoms with van der Waals surface area (Å²) in [6.45, 7) is 5.69. The standard InChI is InChI=1S/C22H20BrN5O3S/c1-14-15(2)28(13-24-14)21-12-22(26-16(3)25-21)31-19-8-6-18(7-9-19)27-32(29,30)20-10-4-17(23)5-11-20/h4-13,27H,1-3H3. The molecule has 0 spiro atoms. The van der Waals surface area contributed by atoms with Crippen LogP contribution in [0.25, 0.3) is 5.82 Å². The summed E-state index contributed by atoms with van der Waals surface area (Å²) in [7, 11) is -3.69. The summed E-state index contributed by atoms with van der Waals surface area (Å²) in [4.78, 5) is 13.3. The van der Waals surface area contributed by atoms with Crippen molar-refractivity contribution >= 4 is 31.6 Å². The molecule has 0 aliphatic heterocycles. The lowest BCUT2D eigenvalue weighted by atomic mass is 10.3. The van der Waals surface area contributed by atoms with E-state index in [-0.39, 0.29) is 4.90 Å². The van der Waals surface area contributed by atoms with Gasteiger partial charge in [-0.1, -0.05) is 15.9 Å². The minimum atomic E-state index is -3.69. The van der Waals surface area contributed by atoms with Gasteiger partial charge >= 0.3 is 0 Å². The number of nitrogens with one attached hydrogen (secondary N) is 1. The van der Waals surface area contributed by atoms with Crippen molar-refractivity contribution in [2.75, 3.05) is 4.72 Å². The van der Waals surface area contributed by atoms with E-state index in [1.165, 1.54) is 12.1 Å². The Bertz CT molecular complexity index is 1370. The van der Waals surface area contributed by atoms with Gasteiger partial charge in [0.1, 0.15) is 23.7 Å². The lowest BCUT2D eigenvalue weighted by molar-refractivity contribution is 0.459. The first kappa shape index (κ1) is 22.0. The third kappa shape index (κ3) is 4.81. The van der Waals surface area contributed by atoms with Crippen LogP contribution in [0.2, 0.25) is 0 Å². The van der Waals surface area contributed by atoms with Gasteiger partial charge in [0, 0.05) is 21.9 Å². The highest BCUT2D eigenvalue weighted by Gasteiger charge is 2.14. The third-order valence-electron chi connectivity index (χ3n) is 4.75. The summed E-state index contributed by atoms with van der Waals surface area (Å²) in [6.07, 6.45) is 1.71. The van der Waals surface area contributed by atoms with E-state index in [9.17, 15) is 8.42 Å². The molecule has 32 heavy (non-hydrogen) atoms. The zero-order valence-corrected chi connectivity index (χ0v) is 20.0. The number of rotatable bonds is 6. The fourth-order valence-corrected chi connectivity index (χ4v) is 4.29. The van der Waals surface area contributed by atoms with Crippen molar-refractivity contribution in [3.05, 3.63) is 82.6 Å². The number of sulfonamides is 1. The third-order valence-corrected chi connectivity index (χ3v) is 6.68. The average Bonchev–Trinajstić information content (AvgIpc) is 3.08. The second-order valence-electron chi connectivity index (χ2n) is 7.08. The van der Waals surface area contributed by atoms with Crippen molar-refractivity contribution in [2.45, 2.75) is 25.7 Å². The van der Waals surface area contributed by atoms with Crippen molar-refractivity contribution in [2.24, 2.45) is 0 Å². The van der Waals surface area contributed by atoms with Gasteiger partial charge in [-0.05, 0) is 69.3 Å². The van der Waals surface area contributed by atoms with Gasteiger partial charge in [-0.2, -0.15) is 4.98 Å². The molecule has 164 valence electrons. The predicted octanol–water partition coefficient (Wildman–Crippen LogP) is 4.94. The molecular weight excluding hydrogens is 494 g/mol. The van der Waals surface area contributed by atoms with Gasteiger partial charge in [0.25, 0.3) is 10.0 Å². The lowest BCUT2D eigenvalue weighted by Crippen LogP contribution is -2.12. The second kappa shape index (κ2) is 8.71. The number of hydrogen-bond acceptors (Lipinski definition) is 6. The van der Waals surface area contributed by atoms with Crippen LogP contribution in [0.15, 0.2) is 70.3 Å². The van der Waals surface area contributed by atoms with E-state index >= 15 is 0 Å². The topological polar surface area (TPSA) is 99.0 Å². The monoisotopic (exact) mass is 513 g/mol. The molecule has 0 aliphatic rings. The highest BCUT2D eigenvalue weighted by atomic mass is 79.9. The fraction of sp³-hybridized carbons (Fsp3) is 0.136. The molecule has 0 saturated carbocycles. The SMILES string of the molecule is Cc1nc(Oc2ccc(NS(=O)(=O)c3ccc(Br)cc3)cc2)cc(-n2cnc(C)c2C)n1. The molecule has 8 nitrogen and oxygen atoms in total. The minimum absolute atomic E-state index is 0.176. The van der Waals surface area contributed by atoms with Crippen LogP contribution >= 0.6 is 15.9 Å². The fourth-order valence-electron chi connectivity index (χ4n) is 2.97. The zero-order chi connectivity index (χ0) is 22.9. The summed E-state index contributed by atoms with van der Waals surface area (Å²) in [5.41, 5.74) is 2.32. The summed E-state index contributed by atoms with van der Waals surface area (Å²) >= 11 is 3.30. The summed E-state index contributed by atoms with van der Waals surface area (Å²) < 4.78 is 36.2. The Hall–Kier alpha value is -3.24. The number of halogens is 1. The molecule has 1 N–H and O–H groups in total. The van der Waals surface area contributed by atoms with Crippen molar-refractivity contribution in [1.82, 2.24) is 19.5 Å². The minimum Gasteiger partial charge on any atom is -0.439 e. The first-order valence-corrected chi connectivity index (χ1v) is 11.9. The molecule has 2 aromatic heterocycles. The Labute approximate surface area is 194 Å². The Balaban J connectivity index is 1.52. The van der Waals surface area contributed by atoms with E-state index in [1.54, 1.807) is 55.7 Å². The highest BCUT2D eigenvalue weighted by Crippen LogP contribution is 2.25. The number of anilines is 1. The number of aryl methyl sites for hydroxylation is 2. The van der Waals surface area contributed by atoms with Gasteiger partial charge in [0.05, 0.1) is 10.6 Å². The summed E-state index contributed by atoms with van der Waals surface area (Å²) in [5.74, 6) is 2.10. The van der Waals surface area contributed by atoms with Crippen LogP contribution in [0.1, 0.15) is 17.2 Å². The smallest absolute Gasteiger partial charge is 0.261 e. The Morgan fingerprint density at radius 2 is 1.66 bits per heavy atom. The Kier molecular flexibility index (Phi) is 5.98. The largest absolute Gasteiger partial charge is 0.439 e. The van der Waals surface area contributed by atoms with Crippen molar-refractivity contribution in [1.29, 1.82) is 0 Å². The lowest BCUT2D eigenvalue weighted by Gasteiger charge is -2.11. The molecular formula is C22H20BrN5O3S. The van der Waals surface area contributed by atoms with E-state index in [0.29, 0.717) is 29.0 Å². The summed E-state index contributed by atoms with van der Waals surface area (Å²) in [6, 6.07) is 14.7. The normalized spacial score (nSPS) is 11.4. The van der Waals surface area contributed by atoms with E-state index < -0.39 is 10.0 Å². The number of nitrogens with zero attached hydrogens (tertiary/aromatic N) is 4. The van der Waals surface area contributed by atoms with Crippen molar-refractivity contribution < 1.29 is 13.2 Å². The van der Waals surface area contributed by atoms with E-state index in [0.717, 1.165) is 15.9 Å². The maximum Gasteiger partial charge on any atom is 0.261 e. The quantitative estimate of drug-likeness (QED) is 0.391. The van der Waals surface area contributed by atoms with Crippen LogP contribution in [0, 0.1) is 20.8 Å². The maximum absolute atomic E-state index is 12.5.